The van der Waals surface area contributed by atoms with Crippen LogP contribution in [0.15, 0.2) is 72.9 Å². The Morgan fingerprint density at radius 3 is 2.47 bits per heavy atom. The third-order valence-electron chi connectivity index (χ3n) is 6.73. The largest absolute Gasteiger partial charge is 0.474 e. The Labute approximate surface area is 211 Å². The Kier molecular flexibility index (Phi) is 7.07. The lowest BCUT2D eigenvalue weighted by Crippen LogP contribution is -2.25. The molecule has 1 saturated carbocycles. The number of hydrogen-bond acceptors (Lipinski definition) is 6. The van der Waals surface area contributed by atoms with Crippen molar-refractivity contribution >= 4 is 5.97 Å². The van der Waals surface area contributed by atoms with Gasteiger partial charge in [-0.3, -0.25) is 4.57 Å². The molecule has 2 aromatic heterocycles. The van der Waals surface area contributed by atoms with Crippen LogP contribution >= 0.6 is 0 Å². The molecule has 0 bridgehead atoms. The van der Waals surface area contributed by atoms with Gasteiger partial charge >= 0.3 is 5.97 Å². The SMILES string of the molecule is Cc1ccc(-n2c(C)nnc2C2CCC(Oc3ccccn3)CC2)cc1C(=O)OCc1ccccc1. The van der Waals surface area contributed by atoms with Gasteiger partial charge in [-0.15, -0.1) is 10.2 Å². The normalized spacial score (nSPS) is 17.5. The van der Waals surface area contributed by atoms with Gasteiger partial charge in [-0.25, -0.2) is 9.78 Å². The molecule has 2 aromatic carbocycles. The van der Waals surface area contributed by atoms with E-state index in [1.165, 1.54) is 0 Å². The lowest BCUT2D eigenvalue weighted by atomic mass is 9.86. The summed E-state index contributed by atoms with van der Waals surface area (Å²) in [7, 11) is 0. The van der Waals surface area contributed by atoms with Gasteiger partial charge in [0.15, 0.2) is 0 Å². The molecular weight excluding hydrogens is 452 g/mol. The fourth-order valence-electron chi connectivity index (χ4n) is 4.76. The van der Waals surface area contributed by atoms with Gasteiger partial charge in [0, 0.05) is 23.9 Å². The molecule has 36 heavy (non-hydrogen) atoms. The molecule has 1 fully saturated rings. The fourth-order valence-corrected chi connectivity index (χ4v) is 4.76. The van der Waals surface area contributed by atoms with Gasteiger partial charge in [-0.05, 0) is 68.9 Å². The number of ether oxygens (including phenoxy) is 2. The van der Waals surface area contributed by atoms with E-state index in [4.69, 9.17) is 9.47 Å². The van der Waals surface area contributed by atoms with Crippen LogP contribution in [0.4, 0.5) is 0 Å². The Bertz CT molecular complexity index is 1310. The molecule has 1 aliphatic carbocycles. The Morgan fingerprint density at radius 1 is 0.944 bits per heavy atom. The molecule has 0 atom stereocenters. The van der Waals surface area contributed by atoms with Crippen molar-refractivity contribution in [3.8, 4) is 11.6 Å². The first-order valence-electron chi connectivity index (χ1n) is 12.4. The minimum atomic E-state index is -0.336. The van der Waals surface area contributed by atoms with Gasteiger partial charge < -0.3 is 9.47 Å². The zero-order valence-electron chi connectivity index (χ0n) is 20.6. The Balaban J connectivity index is 1.31. The molecule has 184 valence electrons. The van der Waals surface area contributed by atoms with E-state index >= 15 is 0 Å². The van der Waals surface area contributed by atoms with Gasteiger partial charge in [0.2, 0.25) is 5.88 Å². The molecule has 4 aromatic rings. The summed E-state index contributed by atoms with van der Waals surface area (Å²) in [6.07, 6.45) is 5.66. The molecule has 0 saturated heterocycles. The zero-order valence-corrected chi connectivity index (χ0v) is 20.6. The number of nitrogens with zero attached hydrogens (tertiary/aromatic N) is 4. The van der Waals surface area contributed by atoms with Crippen LogP contribution < -0.4 is 4.74 Å². The summed E-state index contributed by atoms with van der Waals surface area (Å²) >= 11 is 0. The molecule has 0 amide bonds. The van der Waals surface area contributed by atoms with Crippen LogP contribution in [0.2, 0.25) is 0 Å². The number of carbonyl (C=O) groups excluding carboxylic acids is 1. The molecule has 7 heteroatoms. The second-order valence-corrected chi connectivity index (χ2v) is 9.26. The smallest absolute Gasteiger partial charge is 0.338 e. The number of rotatable bonds is 7. The zero-order chi connectivity index (χ0) is 24.9. The number of hydrogen-bond donors (Lipinski definition) is 0. The van der Waals surface area contributed by atoms with Crippen LogP contribution in [0.3, 0.4) is 0 Å². The van der Waals surface area contributed by atoms with Crippen molar-refractivity contribution in [3.05, 3.63) is 101 Å². The van der Waals surface area contributed by atoms with Crippen molar-refractivity contribution in [2.24, 2.45) is 0 Å². The molecule has 0 aliphatic heterocycles. The summed E-state index contributed by atoms with van der Waals surface area (Å²) in [5.74, 6) is 2.33. The van der Waals surface area contributed by atoms with Gasteiger partial charge in [0.25, 0.3) is 0 Å². The molecule has 0 N–H and O–H groups in total. The molecule has 0 unspecified atom stereocenters. The van der Waals surface area contributed by atoms with Gasteiger partial charge in [0.1, 0.15) is 24.4 Å². The number of aromatic nitrogens is 4. The predicted molar refractivity (Wildman–Crippen MR) is 136 cm³/mol. The van der Waals surface area contributed by atoms with E-state index in [0.717, 1.165) is 54.1 Å². The molecule has 7 nitrogen and oxygen atoms in total. The summed E-state index contributed by atoms with van der Waals surface area (Å²) in [6.45, 7) is 4.11. The Hall–Kier alpha value is -4.00. The maximum Gasteiger partial charge on any atom is 0.338 e. The van der Waals surface area contributed by atoms with Crippen LogP contribution in [0, 0.1) is 13.8 Å². The second-order valence-electron chi connectivity index (χ2n) is 9.26. The first-order valence-corrected chi connectivity index (χ1v) is 12.4. The highest BCUT2D eigenvalue weighted by molar-refractivity contribution is 5.91. The van der Waals surface area contributed by atoms with E-state index in [-0.39, 0.29) is 24.6 Å². The van der Waals surface area contributed by atoms with Crippen LogP contribution in [0.25, 0.3) is 5.69 Å². The maximum atomic E-state index is 12.9. The molecule has 2 heterocycles. The van der Waals surface area contributed by atoms with Crippen molar-refractivity contribution < 1.29 is 14.3 Å². The summed E-state index contributed by atoms with van der Waals surface area (Å²) in [5.41, 5.74) is 3.25. The van der Waals surface area contributed by atoms with Crippen LogP contribution in [-0.4, -0.2) is 31.8 Å². The van der Waals surface area contributed by atoms with E-state index in [1.807, 2.05) is 80.6 Å². The van der Waals surface area contributed by atoms with Crippen molar-refractivity contribution in [1.82, 2.24) is 19.7 Å². The molecular formula is C29H30N4O3. The third kappa shape index (κ3) is 5.30. The minimum absolute atomic E-state index is 0.152. The monoisotopic (exact) mass is 482 g/mol. The van der Waals surface area contributed by atoms with Crippen molar-refractivity contribution in [1.29, 1.82) is 0 Å². The average molecular weight is 483 g/mol. The highest BCUT2D eigenvalue weighted by Crippen LogP contribution is 2.35. The quantitative estimate of drug-likeness (QED) is 0.313. The van der Waals surface area contributed by atoms with Crippen molar-refractivity contribution in [2.75, 3.05) is 0 Å². The number of aryl methyl sites for hydroxylation is 2. The molecule has 1 aliphatic rings. The second kappa shape index (κ2) is 10.7. The first kappa shape index (κ1) is 23.7. The predicted octanol–water partition coefficient (Wildman–Crippen LogP) is 5.74. The van der Waals surface area contributed by atoms with Gasteiger partial charge in [-0.1, -0.05) is 42.5 Å². The van der Waals surface area contributed by atoms with E-state index in [0.29, 0.717) is 11.4 Å². The number of pyridine rings is 1. The fraction of sp³-hybridized carbons (Fsp3) is 0.310. The van der Waals surface area contributed by atoms with Gasteiger partial charge in [-0.2, -0.15) is 0 Å². The Morgan fingerprint density at radius 2 is 1.72 bits per heavy atom. The highest BCUT2D eigenvalue weighted by Gasteiger charge is 2.28. The average Bonchev–Trinajstić information content (AvgIpc) is 3.30. The molecule has 0 spiro atoms. The lowest BCUT2D eigenvalue weighted by Gasteiger charge is -2.28. The number of carbonyl (C=O) groups is 1. The van der Waals surface area contributed by atoms with Gasteiger partial charge in [0.05, 0.1) is 5.56 Å². The number of benzene rings is 2. The van der Waals surface area contributed by atoms with Crippen LogP contribution in [0.1, 0.15) is 64.7 Å². The maximum absolute atomic E-state index is 12.9. The summed E-state index contributed by atoms with van der Waals surface area (Å²) in [6, 6.07) is 21.3. The lowest BCUT2D eigenvalue weighted by molar-refractivity contribution is 0.0472. The highest BCUT2D eigenvalue weighted by atomic mass is 16.5. The van der Waals surface area contributed by atoms with Crippen molar-refractivity contribution in [2.45, 2.75) is 58.2 Å². The van der Waals surface area contributed by atoms with E-state index < -0.39 is 0 Å². The molecule has 5 rings (SSSR count). The summed E-state index contributed by atoms with van der Waals surface area (Å²) < 4.78 is 13.7. The number of esters is 1. The van der Waals surface area contributed by atoms with E-state index in [1.54, 1.807) is 6.20 Å². The summed E-state index contributed by atoms with van der Waals surface area (Å²) in [4.78, 5) is 17.2. The van der Waals surface area contributed by atoms with E-state index in [2.05, 4.69) is 19.7 Å². The van der Waals surface area contributed by atoms with Crippen molar-refractivity contribution in [3.63, 3.8) is 0 Å². The first-order chi connectivity index (χ1) is 17.6. The van der Waals surface area contributed by atoms with E-state index in [9.17, 15) is 4.79 Å². The third-order valence-corrected chi connectivity index (χ3v) is 6.73. The standard InChI is InChI=1S/C29H30N4O3/c1-20-11-14-24(18-26(20)29(34)35-19-22-8-4-3-5-9-22)33-21(2)31-32-28(33)23-12-15-25(16-13-23)36-27-10-6-7-17-30-27/h3-11,14,17-18,23,25H,12-13,15-16,19H2,1-2H3. The molecule has 0 radical (unpaired) electrons. The van der Waals surface area contributed by atoms with Crippen LogP contribution in [-0.2, 0) is 11.3 Å². The van der Waals surface area contributed by atoms with Crippen LogP contribution in [0.5, 0.6) is 5.88 Å². The summed E-state index contributed by atoms with van der Waals surface area (Å²) in [5, 5.41) is 8.92. The topological polar surface area (TPSA) is 79.1 Å². The minimum Gasteiger partial charge on any atom is -0.474 e.